The number of fused-ring (bicyclic) bond motifs is 1. The van der Waals surface area contributed by atoms with Crippen LogP contribution in [0.15, 0.2) is 66.4 Å². The van der Waals surface area contributed by atoms with Crippen LogP contribution in [0.5, 0.6) is 0 Å². The molecule has 0 spiro atoms. The molecule has 0 unspecified atom stereocenters. The smallest absolute Gasteiger partial charge is 0.255 e. The van der Waals surface area contributed by atoms with Crippen LogP contribution < -0.4 is 10.6 Å². The number of aromatic nitrogens is 4. The zero-order valence-corrected chi connectivity index (χ0v) is 18.5. The van der Waals surface area contributed by atoms with Gasteiger partial charge in [-0.1, -0.05) is 6.07 Å². The van der Waals surface area contributed by atoms with Crippen molar-refractivity contribution in [3.8, 4) is 10.6 Å². The van der Waals surface area contributed by atoms with Crippen molar-refractivity contribution < 1.29 is 13.6 Å². The standard InChI is InChI=1S/C24H18F2N6OS/c25-19-6-5-14(9-20(19)26)10-31-23(33)17-4-2-8-28-22(17)29-11-15-13-34-24(32-15)18-12-30-21-16(18)3-1-7-27-21/h1-9,12-13H,10-11H2,(H,27,30)(H,28,29)(H,31,33). The highest BCUT2D eigenvalue weighted by Gasteiger charge is 2.14. The average Bonchev–Trinajstić information content (AvgIpc) is 3.50. The number of pyridine rings is 2. The predicted octanol–water partition coefficient (Wildman–Crippen LogP) is 4.90. The van der Waals surface area contributed by atoms with Gasteiger partial charge < -0.3 is 15.6 Å². The molecule has 170 valence electrons. The van der Waals surface area contributed by atoms with Gasteiger partial charge in [-0.15, -0.1) is 11.3 Å². The van der Waals surface area contributed by atoms with Gasteiger partial charge in [-0.3, -0.25) is 4.79 Å². The first-order valence-electron chi connectivity index (χ1n) is 10.4. The number of benzene rings is 1. The molecule has 10 heteroatoms. The van der Waals surface area contributed by atoms with Gasteiger partial charge in [0, 0.05) is 41.5 Å². The Morgan fingerprint density at radius 1 is 1.03 bits per heavy atom. The van der Waals surface area contributed by atoms with Gasteiger partial charge in [0.2, 0.25) is 0 Å². The van der Waals surface area contributed by atoms with Crippen molar-refractivity contribution in [1.82, 2.24) is 25.3 Å². The van der Waals surface area contributed by atoms with Gasteiger partial charge in [-0.05, 0) is 42.0 Å². The number of nitrogens with one attached hydrogen (secondary N) is 3. The second kappa shape index (κ2) is 9.36. The topological polar surface area (TPSA) is 95.6 Å². The summed E-state index contributed by atoms with van der Waals surface area (Å²) in [7, 11) is 0. The molecule has 1 amide bonds. The highest BCUT2D eigenvalue weighted by atomic mass is 32.1. The maximum Gasteiger partial charge on any atom is 0.255 e. The molecule has 3 N–H and O–H groups in total. The maximum atomic E-state index is 13.4. The van der Waals surface area contributed by atoms with Crippen LogP contribution in [0.3, 0.4) is 0 Å². The minimum absolute atomic E-state index is 0.0549. The van der Waals surface area contributed by atoms with Gasteiger partial charge >= 0.3 is 0 Å². The molecule has 0 saturated carbocycles. The van der Waals surface area contributed by atoms with Crippen molar-refractivity contribution in [2.45, 2.75) is 13.1 Å². The number of hydrogen-bond donors (Lipinski definition) is 3. The van der Waals surface area contributed by atoms with E-state index >= 15 is 0 Å². The van der Waals surface area contributed by atoms with Crippen LogP contribution >= 0.6 is 11.3 Å². The first-order valence-corrected chi connectivity index (χ1v) is 11.2. The zero-order chi connectivity index (χ0) is 23.5. The van der Waals surface area contributed by atoms with Crippen LogP contribution in [0.1, 0.15) is 21.6 Å². The summed E-state index contributed by atoms with van der Waals surface area (Å²) in [6.07, 6.45) is 5.21. The number of nitrogens with zero attached hydrogens (tertiary/aromatic N) is 3. The number of amides is 1. The molecule has 7 nitrogen and oxygen atoms in total. The van der Waals surface area contributed by atoms with Crippen LogP contribution in [-0.2, 0) is 13.1 Å². The highest BCUT2D eigenvalue weighted by Crippen LogP contribution is 2.30. The van der Waals surface area contributed by atoms with Crippen molar-refractivity contribution >= 4 is 34.1 Å². The van der Waals surface area contributed by atoms with E-state index in [0.717, 1.165) is 39.4 Å². The van der Waals surface area contributed by atoms with Gasteiger partial charge in [0.1, 0.15) is 16.5 Å². The van der Waals surface area contributed by atoms with Crippen molar-refractivity contribution in [2.75, 3.05) is 5.32 Å². The van der Waals surface area contributed by atoms with E-state index in [1.165, 1.54) is 17.4 Å². The second-order valence-corrected chi connectivity index (χ2v) is 8.29. The number of carbonyl (C=O) groups is 1. The van der Waals surface area contributed by atoms with E-state index in [0.29, 0.717) is 23.5 Å². The van der Waals surface area contributed by atoms with Crippen molar-refractivity contribution in [3.63, 3.8) is 0 Å². The van der Waals surface area contributed by atoms with Crippen LogP contribution in [0.25, 0.3) is 21.6 Å². The number of halogens is 2. The maximum absolute atomic E-state index is 13.4. The Morgan fingerprint density at radius 3 is 2.76 bits per heavy atom. The number of carbonyl (C=O) groups excluding carboxylic acids is 1. The van der Waals surface area contributed by atoms with E-state index in [2.05, 4.69) is 25.6 Å². The van der Waals surface area contributed by atoms with Crippen molar-refractivity contribution in [2.24, 2.45) is 0 Å². The molecule has 1 aromatic carbocycles. The number of anilines is 1. The van der Waals surface area contributed by atoms with Crippen LogP contribution in [0.4, 0.5) is 14.6 Å². The van der Waals surface area contributed by atoms with Gasteiger partial charge in [0.15, 0.2) is 11.6 Å². The second-order valence-electron chi connectivity index (χ2n) is 7.43. The minimum atomic E-state index is -0.956. The largest absolute Gasteiger partial charge is 0.364 e. The van der Waals surface area contributed by atoms with Gasteiger partial charge in [-0.25, -0.2) is 23.7 Å². The summed E-state index contributed by atoms with van der Waals surface area (Å²) in [6.45, 7) is 0.427. The average molecular weight is 477 g/mol. The third-order valence-corrected chi connectivity index (χ3v) is 6.08. The molecular formula is C24H18F2N6OS. The molecule has 0 fully saturated rings. The van der Waals surface area contributed by atoms with Gasteiger partial charge in [0.05, 0.1) is 17.8 Å². The quantitative estimate of drug-likeness (QED) is 0.311. The summed E-state index contributed by atoms with van der Waals surface area (Å²) < 4.78 is 26.5. The van der Waals surface area contributed by atoms with E-state index in [1.54, 1.807) is 24.5 Å². The zero-order valence-electron chi connectivity index (χ0n) is 17.7. The summed E-state index contributed by atoms with van der Waals surface area (Å²) in [5, 5.41) is 9.68. The fourth-order valence-corrected chi connectivity index (χ4v) is 4.33. The van der Waals surface area contributed by atoms with Crippen LogP contribution in [0.2, 0.25) is 0 Å². The number of aromatic amines is 1. The molecule has 0 aliphatic carbocycles. The first-order chi connectivity index (χ1) is 16.6. The lowest BCUT2D eigenvalue weighted by molar-refractivity contribution is 0.0951. The van der Waals surface area contributed by atoms with E-state index < -0.39 is 11.6 Å². The first kappa shape index (κ1) is 21.7. The Morgan fingerprint density at radius 2 is 1.88 bits per heavy atom. The minimum Gasteiger partial charge on any atom is -0.364 e. The summed E-state index contributed by atoms with van der Waals surface area (Å²) in [6, 6.07) is 10.7. The van der Waals surface area contributed by atoms with Crippen LogP contribution in [0, 0.1) is 11.6 Å². The Labute approximate surface area is 196 Å². The summed E-state index contributed by atoms with van der Waals surface area (Å²) >= 11 is 1.52. The van der Waals surface area contributed by atoms with Gasteiger partial charge in [0.25, 0.3) is 5.91 Å². The number of rotatable bonds is 7. The molecule has 34 heavy (non-hydrogen) atoms. The molecule has 0 atom stereocenters. The molecule has 4 aromatic heterocycles. The monoisotopic (exact) mass is 476 g/mol. The Bertz CT molecular complexity index is 1480. The fourth-order valence-electron chi connectivity index (χ4n) is 3.48. The third-order valence-electron chi connectivity index (χ3n) is 5.16. The van der Waals surface area contributed by atoms with E-state index in [1.807, 2.05) is 23.7 Å². The molecule has 0 aliphatic rings. The molecule has 0 radical (unpaired) electrons. The Kier molecular flexibility index (Phi) is 5.96. The van der Waals surface area contributed by atoms with E-state index in [-0.39, 0.29) is 12.5 Å². The van der Waals surface area contributed by atoms with Gasteiger partial charge in [-0.2, -0.15) is 0 Å². The fraction of sp³-hybridized carbons (Fsp3) is 0.0833. The molecule has 5 aromatic rings. The predicted molar refractivity (Wildman–Crippen MR) is 126 cm³/mol. The third kappa shape index (κ3) is 4.48. The summed E-state index contributed by atoms with van der Waals surface area (Å²) in [4.78, 5) is 29.1. The molecule has 0 bridgehead atoms. The molecule has 0 aliphatic heterocycles. The summed E-state index contributed by atoms with van der Waals surface area (Å²) in [5.41, 5.74) is 3.38. The molecule has 4 heterocycles. The normalized spacial score (nSPS) is 11.0. The van der Waals surface area contributed by atoms with E-state index in [9.17, 15) is 13.6 Å². The highest BCUT2D eigenvalue weighted by molar-refractivity contribution is 7.13. The number of H-pyrrole nitrogens is 1. The molecule has 0 saturated heterocycles. The van der Waals surface area contributed by atoms with Crippen LogP contribution in [-0.4, -0.2) is 25.8 Å². The Hall–Kier alpha value is -4.18. The van der Waals surface area contributed by atoms with E-state index in [4.69, 9.17) is 4.98 Å². The lowest BCUT2D eigenvalue weighted by Gasteiger charge is -2.11. The molecular weight excluding hydrogens is 458 g/mol. The number of thiazole rings is 1. The SMILES string of the molecule is O=C(NCc1ccc(F)c(F)c1)c1cccnc1NCc1csc(-c2c[nH]c3ncccc23)n1. The molecule has 5 rings (SSSR count). The van der Waals surface area contributed by atoms with Crippen molar-refractivity contribution in [3.05, 3.63) is 94.9 Å². The summed E-state index contributed by atoms with van der Waals surface area (Å²) in [5.74, 6) is -1.87. The van der Waals surface area contributed by atoms with Crippen molar-refractivity contribution in [1.29, 1.82) is 0 Å². The Balaban J connectivity index is 1.26. The lowest BCUT2D eigenvalue weighted by Crippen LogP contribution is -2.24. The number of hydrogen-bond acceptors (Lipinski definition) is 6. The lowest BCUT2D eigenvalue weighted by atomic mass is 10.2.